The molecule has 1 heterocycles. The molecule has 0 atom stereocenters. The van der Waals surface area contributed by atoms with E-state index in [1.54, 1.807) is 11.3 Å². The summed E-state index contributed by atoms with van der Waals surface area (Å²) in [6, 6.07) is 4.00. The number of halogens is 1. The third-order valence-corrected chi connectivity index (χ3v) is 3.77. The van der Waals surface area contributed by atoms with Crippen molar-refractivity contribution < 1.29 is 5.11 Å². The highest BCUT2D eigenvalue weighted by molar-refractivity contribution is 9.08. The lowest BCUT2D eigenvalue weighted by molar-refractivity contribution is 0.477. The molecule has 0 saturated heterocycles. The number of aryl methyl sites for hydroxylation is 1. The van der Waals surface area contributed by atoms with Gasteiger partial charge in [0.25, 0.3) is 0 Å². The molecule has 1 N–H and O–H groups in total. The quantitative estimate of drug-likeness (QED) is 0.770. The first-order chi connectivity index (χ1) is 6.24. The first-order valence-electron chi connectivity index (χ1n) is 3.98. The molecular weight excluding hydrogens is 248 g/mol. The lowest BCUT2D eigenvalue weighted by Gasteiger charge is -2.04. The molecule has 0 bridgehead atoms. The maximum atomic E-state index is 9.84. The Balaban J connectivity index is 2.85. The van der Waals surface area contributed by atoms with E-state index in [1.807, 2.05) is 17.5 Å². The number of hydrogen-bond acceptors (Lipinski definition) is 2. The Kier molecular flexibility index (Phi) is 2.30. The summed E-state index contributed by atoms with van der Waals surface area (Å²) < 4.78 is 1.18. The van der Waals surface area contributed by atoms with Crippen molar-refractivity contribution in [2.24, 2.45) is 0 Å². The van der Waals surface area contributed by atoms with Crippen LogP contribution in [0.1, 0.15) is 11.1 Å². The normalized spacial score (nSPS) is 10.9. The zero-order valence-electron chi connectivity index (χ0n) is 7.17. The molecule has 0 saturated carbocycles. The third-order valence-electron chi connectivity index (χ3n) is 2.12. The lowest BCUT2D eigenvalue weighted by Crippen LogP contribution is -1.82. The number of thiophene rings is 1. The minimum absolute atomic E-state index is 0.415. The van der Waals surface area contributed by atoms with Gasteiger partial charge in [-0.05, 0) is 23.9 Å². The van der Waals surface area contributed by atoms with Crippen molar-refractivity contribution in [3.63, 3.8) is 0 Å². The molecule has 1 aromatic heterocycles. The number of phenolic OH excluding ortho intramolecular Hbond substituents is 1. The molecule has 68 valence electrons. The van der Waals surface area contributed by atoms with E-state index in [1.165, 1.54) is 10.3 Å². The van der Waals surface area contributed by atoms with Crippen LogP contribution in [0, 0.1) is 6.92 Å². The van der Waals surface area contributed by atoms with Gasteiger partial charge in [-0.2, -0.15) is 0 Å². The number of hydrogen-bond donors (Lipinski definition) is 1. The Bertz CT molecular complexity index is 447. The number of fused-ring (bicyclic) bond motifs is 1. The van der Waals surface area contributed by atoms with Crippen LogP contribution in [0.5, 0.6) is 5.75 Å². The predicted molar refractivity (Wildman–Crippen MR) is 60.9 cm³/mol. The molecule has 0 fully saturated rings. The fraction of sp³-hybridized carbons (Fsp3) is 0.200. The molecule has 0 aliphatic carbocycles. The standard InChI is InChI=1S/C10H9BrOS/c1-6-4-7(5-11)9(12)8-2-3-13-10(6)8/h2-4,12H,5H2,1H3. The number of benzene rings is 1. The molecular formula is C10H9BrOS. The summed E-state index contributed by atoms with van der Waals surface area (Å²) in [6.45, 7) is 2.07. The zero-order valence-corrected chi connectivity index (χ0v) is 9.58. The molecule has 2 aromatic rings. The summed E-state index contributed by atoms with van der Waals surface area (Å²) in [4.78, 5) is 0. The van der Waals surface area contributed by atoms with Crippen molar-refractivity contribution in [1.82, 2.24) is 0 Å². The van der Waals surface area contributed by atoms with E-state index in [9.17, 15) is 5.11 Å². The van der Waals surface area contributed by atoms with Gasteiger partial charge in [0, 0.05) is 21.0 Å². The van der Waals surface area contributed by atoms with Crippen LogP contribution in [0.25, 0.3) is 10.1 Å². The van der Waals surface area contributed by atoms with Gasteiger partial charge in [-0.25, -0.2) is 0 Å². The number of phenols is 1. The molecule has 1 aromatic carbocycles. The first-order valence-corrected chi connectivity index (χ1v) is 5.98. The highest BCUT2D eigenvalue weighted by Gasteiger charge is 2.08. The Labute approximate surface area is 89.1 Å². The fourth-order valence-corrected chi connectivity index (χ4v) is 2.78. The molecule has 2 rings (SSSR count). The van der Waals surface area contributed by atoms with Crippen LogP contribution < -0.4 is 0 Å². The number of rotatable bonds is 1. The van der Waals surface area contributed by atoms with Crippen molar-refractivity contribution in [3.8, 4) is 5.75 Å². The summed E-state index contributed by atoms with van der Waals surface area (Å²) >= 11 is 5.03. The van der Waals surface area contributed by atoms with Crippen molar-refractivity contribution in [3.05, 3.63) is 28.6 Å². The Morgan fingerprint density at radius 2 is 2.31 bits per heavy atom. The van der Waals surface area contributed by atoms with Crippen molar-refractivity contribution in [2.45, 2.75) is 12.3 Å². The van der Waals surface area contributed by atoms with E-state index in [2.05, 4.69) is 22.9 Å². The van der Waals surface area contributed by atoms with E-state index in [0.717, 1.165) is 10.9 Å². The highest BCUT2D eigenvalue weighted by atomic mass is 79.9. The molecule has 0 aliphatic heterocycles. The molecule has 0 radical (unpaired) electrons. The Morgan fingerprint density at radius 3 is 3.00 bits per heavy atom. The second kappa shape index (κ2) is 3.31. The average Bonchev–Trinajstić information content (AvgIpc) is 2.60. The molecule has 0 unspecified atom stereocenters. The van der Waals surface area contributed by atoms with Gasteiger partial charge in [-0.1, -0.05) is 22.0 Å². The van der Waals surface area contributed by atoms with Gasteiger partial charge in [0.1, 0.15) is 5.75 Å². The van der Waals surface area contributed by atoms with Crippen LogP contribution in [0.3, 0.4) is 0 Å². The van der Waals surface area contributed by atoms with E-state index in [-0.39, 0.29) is 0 Å². The predicted octanol–water partition coefficient (Wildman–Crippen LogP) is 3.81. The summed E-state index contributed by atoms with van der Waals surface area (Å²) in [6.07, 6.45) is 0. The topological polar surface area (TPSA) is 20.2 Å². The fourth-order valence-electron chi connectivity index (χ4n) is 1.47. The van der Waals surface area contributed by atoms with Crippen LogP contribution in [0.2, 0.25) is 0 Å². The monoisotopic (exact) mass is 256 g/mol. The second-order valence-corrected chi connectivity index (χ2v) is 4.48. The van der Waals surface area contributed by atoms with Gasteiger partial charge in [0.2, 0.25) is 0 Å². The SMILES string of the molecule is Cc1cc(CBr)c(O)c2ccsc12. The van der Waals surface area contributed by atoms with E-state index < -0.39 is 0 Å². The molecule has 3 heteroatoms. The van der Waals surface area contributed by atoms with Crippen molar-refractivity contribution in [2.75, 3.05) is 0 Å². The van der Waals surface area contributed by atoms with Crippen LogP contribution >= 0.6 is 27.3 Å². The molecule has 0 spiro atoms. The van der Waals surface area contributed by atoms with Crippen LogP contribution in [0.15, 0.2) is 17.5 Å². The lowest BCUT2D eigenvalue weighted by atomic mass is 10.1. The molecule has 0 amide bonds. The molecule has 13 heavy (non-hydrogen) atoms. The highest BCUT2D eigenvalue weighted by Crippen LogP contribution is 2.35. The van der Waals surface area contributed by atoms with E-state index in [4.69, 9.17) is 0 Å². The smallest absolute Gasteiger partial charge is 0.128 e. The molecule has 1 nitrogen and oxygen atoms in total. The molecule has 0 aliphatic rings. The van der Waals surface area contributed by atoms with E-state index >= 15 is 0 Å². The van der Waals surface area contributed by atoms with Gasteiger partial charge in [0.15, 0.2) is 0 Å². The summed E-state index contributed by atoms with van der Waals surface area (Å²) in [5, 5.41) is 13.5. The van der Waals surface area contributed by atoms with Gasteiger partial charge in [-0.3, -0.25) is 0 Å². The number of alkyl halides is 1. The maximum Gasteiger partial charge on any atom is 0.128 e. The minimum Gasteiger partial charge on any atom is -0.507 e. The maximum absolute atomic E-state index is 9.84. The van der Waals surface area contributed by atoms with Crippen LogP contribution in [-0.2, 0) is 5.33 Å². The average molecular weight is 257 g/mol. The van der Waals surface area contributed by atoms with Crippen LogP contribution in [0.4, 0.5) is 0 Å². The van der Waals surface area contributed by atoms with Gasteiger partial charge in [-0.15, -0.1) is 11.3 Å². The first kappa shape index (κ1) is 9.03. The van der Waals surface area contributed by atoms with E-state index in [0.29, 0.717) is 11.1 Å². The summed E-state index contributed by atoms with van der Waals surface area (Å²) in [5.74, 6) is 0.415. The van der Waals surface area contributed by atoms with Crippen molar-refractivity contribution in [1.29, 1.82) is 0 Å². The van der Waals surface area contributed by atoms with Crippen molar-refractivity contribution >= 4 is 37.4 Å². The second-order valence-electron chi connectivity index (χ2n) is 3.00. The third kappa shape index (κ3) is 1.36. The minimum atomic E-state index is 0.415. The number of aromatic hydroxyl groups is 1. The Hall–Kier alpha value is -0.540. The van der Waals surface area contributed by atoms with Crippen LogP contribution in [-0.4, -0.2) is 5.11 Å². The largest absolute Gasteiger partial charge is 0.507 e. The summed E-state index contributed by atoms with van der Waals surface area (Å²) in [7, 11) is 0. The van der Waals surface area contributed by atoms with Gasteiger partial charge >= 0.3 is 0 Å². The Morgan fingerprint density at radius 1 is 1.54 bits per heavy atom. The summed E-state index contributed by atoms with van der Waals surface area (Å²) in [5.41, 5.74) is 2.20. The van der Waals surface area contributed by atoms with Gasteiger partial charge in [0.05, 0.1) is 0 Å². The van der Waals surface area contributed by atoms with Gasteiger partial charge < -0.3 is 5.11 Å². The zero-order chi connectivity index (χ0) is 9.42.